The van der Waals surface area contributed by atoms with Crippen LogP contribution in [0.4, 0.5) is 0 Å². The molecule has 3 N–H and O–H groups in total. The summed E-state index contributed by atoms with van der Waals surface area (Å²) in [6, 6.07) is 6.55. The number of aryl methyl sites for hydroxylation is 1. The van der Waals surface area contributed by atoms with Gasteiger partial charge >= 0.3 is 0 Å². The lowest BCUT2D eigenvalue weighted by Crippen LogP contribution is -2.34. The molecule has 18 heavy (non-hydrogen) atoms. The van der Waals surface area contributed by atoms with Gasteiger partial charge in [0.25, 0.3) is 0 Å². The molecule has 0 heterocycles. The van der Waals surface area contributed by atoms with Crippen molar-refractivity contribution in [1.82, 2.24) is 0 Å². The lowest BCUT2D eigenvalue weighted by Gasteiger charge is -2.29. The molecule has 0 amide bonds. The average Bonchev–Trinajstić information content (AvgIpc) is 2.24. The van der Waals surface area contributed by atoms with E-state index in [1.54, 1.807) is 0 Å². The molecule has 2 nitrogen and oxygen atoms in total. The summed E-state index contributed by atoms with van der Waals surface area (Å²) in [4.78, 5) is 0. The van der Waals surface area contributed by atoms with Crippen molar-refractivity contribution in [3.8, 4) is 0 Å². The number of hydrogen-bond donors (Lipinski definition) is 2. The first-order chi connectivity index (χ1) is 8.18. The van der Waals surface area contributed by atoms with Gasteiger partial charge in [-0.25, -0.2) is 0 Å². The minimum atomic E-state index is -0.358. The maximum Gasteiger partial charge on any atom is 0.0431 e. The van der Waals surface area contributed by atoms with Gasteiger partial charge in [0, 0.05) is 12.1 Å². The summed E-state index contributed by atoms with van der Waals surface area (Å²) in [6.07, 6.45) is 1.55. The van der Waals surface area contributed by atoms with E-state index in [4.69, 9.17) is 10.8 Å². The molecule has 0 bridgehead atoms. The van der Waals surface area contributed by atoms with Gasteiger partial charge in [0.2, 0.25) is 0 Å². The van der Waals surface area contributed by atoms with Crippen LogP contribution >= 0.6 is 0 Å². The van der Waals surface area contributed by atoms with Gasteiger partial charge in [0.05, 0.1) is 0 Å². The normalized spacial score (nSPS) is 15.5. The predicted octanol–water partition coefficient (Wildman–Crippen LogP) is 3.24. The Labute approximate surface area is 111 Å². The van der Waals surface area contributed by atoms with Gasteiger partial charge in [0.15, 0.2) is 0 Å². The quantitative estimate of drug-likeness (QED) is 0.860. The average molecular weight is 249 g/mol. The maximum atomic E-state index is 8.94. The highest BCUT2D eigenvalue weighted by molar-refractivity contribution is 5.38. The molecule has 102 valence electrons. The van der Waals surface area contributed by atoms with Crippen LogP contribution in [-0.4, -0.2) is 11.7 Å². The topological polar surface area (TPSA) is 46.2 Å². The van der Waals surface area contributed by atoms with Crippen molar-refractivity contribution in [2.75, 3.05) is 6.61 Å². The van der Waals surface area contributed by atoms with E-state index in [1.807, 2.05) is 6.92 Å². The smallest absolute Gasteiger partial charge is 0.0431 e. The van der Waals surface area contributed by atoms with Crippen LogP contribution in [0.25, 0.3) is 0 Å². The second-order valence-electron chi connectivity index (χ2n) is 6.52. The van der Waals surface area contributed by atoms with Crippen molar-refractivity contribution in [3.05, 3.63) is 34.9 Å². The highest BCUT2D eigenvalue weighted by Gasteiger charge is 2.24. The standard InChI is InChI=1S/C16H27NO/c1-12-11-13(15(2,3)4)7-8-14(12)16(5,17)9-6-10-18/h7-8,11,18H,6,9-10,17H2,1-5H3. The van der Waals surface area contributed by atoms with Crippen molar-refractivity contribution in [2.45, 2.75) is 58.4 Å². The van der Waals surface area contributed by atoms with E-state index in [-0.39, 0.29) is 17.6 Å². The SMILES string of the molecule is Cc1cc(C(C)(C)C)ccc1C(C)(N)CCCO. The van der Waals surface area contributed by atoms with Crippen LogP contribution in [0.1, 0.15) is 57.2 Å². The lowest BCUT2D eigenvalue weighted by molar-refractivity contribution is 0.265. The highest BCUT2D eigenvalue weighted by atomic mass is 16.2. The molecule has 0 aliphatic rings. The second-order valence-corrected chi connectivity index (χ2v) is 6.52. The molecule has 2 heteroatoms. The highest BCUT2D eigenvalue weighted by Crippen LogP contribution is 2.30. The van der Waals surface area contributed by atoms with Crippen molar-refractivity contribution >= 4 is 0 Å². The summed E-state index contributed by atoms with van der Waals surface area (Å²) in [5, 5.41) is 8.94. The fourth-order valence-corrected chi connectivity index (χ4v) is 2.35. The second kappa shape index (κ2) is 5.41. The predicted molar refractivity (Wildman–Crippen MR) is 77.7 cm³/mol. The van der Waals surface area contributed by atoms with Gasteiger partial charge in [-0.2, -0.15) is 0 Å². The zero-order valence-electron chi connectivity index (χ0n) is 12.4. The minimum Gasteiger partial charge on any atom is -0.396 e. The fraction of sp³-hybridized carbons (Fsp3) is 0.625. The van der Waals surface area contributed by atoms with Gasteiger partial charge in [-0.3, -0.25) is 0 Å². The Morgan fingerprint density at radius 2 is 1.78 bits per heavy atom. The molecule has 0 aliphatic heterocycles. The maximum absolute atomic E-state index is 8.94. The van der Waals surface area contributed by atoms with Gasteiger partial charge in [-0.05, 0) is 48.8 Å². The molecule has 0 saturated heterocycles. The molecule has 1 atom stereocenters. The molecular weight excluding hydrogens is 222 g/mol. The third-order valence-electron chi connectivity index (χ3n) is 3.56. The van der Waals surface area contributed by atoms with E-state index in [0.717, 1.165) is 12.8 Å². The molecular formula is C16H27NO. The van der Waals surface area contributed by atoms with E-state index in [9.17, 15) is 0 Å². The van der Waals surface area contributed by atoms with Crippen molar-refractivity contribution in [3.63, 3.8) is 0 Å². The summed E-state index contributed by atoms with van der Waals surface area (Å²) in [5.74, 6) is 0. The Kier molecular flexibility index (Phi) is 4.57. The number of benzene rings is 1. The minimum absolute atomic E-state index is 0.166. The van der Waals surface area contributed by atoms with E-state index >= 15 is 0 Å². The molecule has 0 fully saturated rings. The van der Waals surface area contributed by atoms with E-state index in [0.29, 0.717) is 0 Å². The first-order valence-electron chi connectivity index (χ1n) is 6.70. The van der Waals surface area contributed by atoms with E-state index in [1.165, 1.54) is 16.7 Å². The van der Waals surface area contributed by atoms with Crippen LogP contribution in [0.3, 0.4) is 0 Å². The Morgan fingerprint density at radius 1 is 1.17 bits per heavy atom. The molecule has 1 rings (SSSR count). The zero-order valence-corrected chi connectivity index (χ0v) is 12.4. The summed E-state index contributed by atoms with van der Waals surface area (Å²) >= 11 is 0. The largest absolute Gasteiger partial charge is 0.396 e. The van der Waals surface area contributed by atoms with Crippen LogP contribution in [0.2, 0.25) is 0 Å². The number of rotatable bonds is 4. The van der Waals surface area contributed by atoms with Gasteiger partial charge in [0.1, 0.15) is 0 Å². The first kappa shape index (κ1) is 15.2. The fourth-order valence-electron chi connectivity index (χ4n) is 2.35. The van der Waals surface area contributed by atoms with Crippen molar-refractivity contribution in [1.29, 1.82) is 0 Å². The van der Waals surface area contributed by atoms with Gasteiger partial charge in [-0.15, -0.1) is 0 Å². The summed E-state index contributed by atoms with van der Waals surface area (Å²) in [6.45, 7) is 11.0. The van der Waals surface area contributed by atoms with Crippen LogP contribution in [0.5, 0.6) is 0 Å². The first-order valence-corrected chi connectivity index (χ1v) is 6.70. The molecule has 1 aromatic carbocycles. The Bertz CT molecular complexity index is 402. The van der Waals surface area contributed by atoms with Crippen molar-refractivity contribution < 1.29 is 5.11 Å². The van der Waals surface area contributed by atoms with Crippen LogP contribution < -0.4 is 5.73 Å². The molecule has 0 aromatic heterocycles. The molecule has 0 radical (unpaired) electrons. The Balaban J connectivity index is 3.05. The number of aliphatic hydroxyl groups is 1. The van der Waals surface area contributed by atoms with Crippen LogP contribution in [-0.2, 0) is 11.0 Å². The number of nitrogens with two attached hydrogens (primary N) is 1. The summed E-state index contributed by atoms with van der Waals surface area (Å²) in [7, 11) is 0. The van der Waals surface area contributed by atoms with Crippen LogP contribution in [0.15, 0.2) is 18.2 Å². The third kappa shape index (κ3) is 3.56. The molecule has 1 aromatic rings. The third-order valence-corrected chi connectivity index (χ3v) is 3.56. The van der Waals surface area contributed by atoms with E-state index < -0.39 is 0 Å². The van der Waals surface area contributed by atoms with Crippen LogP contribution in [0, 0.1) is 6.92 Å². The number of hydrogen-bond acceptors (Lipinski definition) is 2. The molecule has 0 aliphatic carbocycles. The van der Waals surface area contributed by atoms with Gasteiger partial charge in [-0.1, -0.05) is 39.0 Å². The summed E-state index contributed by atoms with van der Waals surface area (Å²) < 4.78 is 0. The molecule has 0 saturated carbocycles. The molecule has 1 unspecified atom stereocenters. The monoisotopic (exact) mass is 249 g/mol. The zero-order chi connectivity index (χ0) is 14.0. The van der Waals surface area contributed by atoms with E-state index in [2.05, 4.69) is 45.9 Å². The van der Waals surface area contributed by atoms with Crippen molar-refractivity contribution in [2.24, 2.45) is 5.73 Å². The molecule has 0 spiro atoms. The Hall–Kier alpha value is -0.860. The summed E-state index contributed by atoms with van der Waals surface area (Å²) in [5.41, 5.74) is 9.94. The lowest BCUT2D eigenvalue weighted by atomic mass is 9.81. The Morgan fingerprint density at radius 3 is 2.22 bits per heavy atom. The number of aliphatic hydroxyl groups excluding tert-OH is 1. The van der Waals surface area contributed by atoms with Gasteiger partial charge < -0.3 is 10.8 Å².